The fraction of sp³-hybridized carbons (Fsp3) is 0.433. The molecular formula is C67H81F6N7O13S2. The number of nitrogens with one attached hydrogen (secondary N) is 2. The Morgan fingerprint density at radius 2 is 1.02 bits per heavy atom. The molecule has 0 saturated carbocycles. The van der Waals surface area contributed by atoms with Gasteiger partial charge in [0.2, 0.25) is 20.0 Å². The Hall–Kier alpha value is -7.86. The Labute approximate surface area is 550 Å². The summed E-state index contributed by atoms with van der Waals surface area (Å²) in [7, 11) is -7.40. The minimum absolute atomic E-state index is 0.00981. The average molecular weight is 1370 g/mol. The van der Waals surface area contributed by atoms with Gasteiger partial charge in [-0.25, -0.2) is 30.2 Å². The van der Waals surface area contributed by atoms with Crippen molar-refractivity contribution in [1.82, 2.24) is 19.2 Å². The molecule has 20 nitrogen and oxygen atoms in total. The lowest BCUT2D eigenvalue weighted by Gasteiger charge is -2.34. The van der Waals surface area contributed by atoms with Crippen molar-refractivity contribution in [3.8, 4) is 11.5 Å². The molecule has 2 saturated heterocycles. The Morgan fingerprint density at radius 1 is 0.611 bits per heavy atom. The summed E-state index contributed by atoms with van der Waals surface area (Å²) in [6.45, 7) is 20.8. The summed E-state index contributed by atoms with van der Waals surface area (Å²) in [6, 6.07) is 16.1. The number of benzene rings is 4. The molecule has 0 atom stereocenters. The molecule has 0 bridgehead atoms. The van der Waals surface area contributed by atoms with Crippen LogP contribution in [-0.2, 0) is 64.3 Å². The minimum atomic E-state index is -4.65. The molecule has 0 radical (unpaired) electrons. The molecule has 5 N–H and O–H groups in total. The van der Waals surface area contributed by atoms with Crippen molar-refractivity contribution in [2.75, 3.05) is 83.9 Å². The number of nitrogens with two attached hydrogens (primary N) is 1. The van der Waals surface area contributed by atoms with Crippen LogP contribution < -0.4 is 25.8 Å². The van der Waals surface area contributed by atoms with Gasteiger partial charge in [0.15, 0.2) is 5.78 Å². The fourth-order valence-electron chi connectivity index (χ4n) is 10.6. The van der Waals surface area contributed by atoms with E-state index in [1.54, 1.807) is 55.5 Å². The topological polar surface area (TPSA) is 275 Å². The standard InChI is InChI=1S/C34H40F3N3O6S.C28H30F3N3O6S.C5H11NO/c1-4-6-18-46-29-22-27(21-28(23-29)34(35,36)37)31-38-32(42)33(39-31)12-14-40(15-13-33)47(43,44)19-11-25-9-10-26(20-24(25)3)30(41)8-7-17-45-16-5-2;1-3-4-12-40-23-16-21(15-22(17-23)28(29,30)31)24-32-26(37)27(33-24)8-10-34(11-9-27)41(38,39)13-7-19-5-6-20(25(35)36)14-18(19)2;1-2-4-7-5-3-6/h4-5,9-10,20-23H,1-2,6-8,11-19H2,3H3,(H,38,39,42);3,5-6,14-17H,1,4,7-13H2,2H3,(H,35,36)(H,32,33,37);2H,1,3-6H2. The number of ether oxygens (including phenoxy) is 4. The van der Waals surface area contributed by atoms with E-state index in [0.717, 1.165) is 35.4 Å². The number of alkyl halides is 6. The van der Waals surface area contributed by atoms with E-state index in [1.807, 2.05) is 6.92 Å². The smallest absolute Gasteiger partial charge is 0.416 e. The molecule has 4 aliphatic rings. The van der Waals surface area contributed by atoms with Crippen molar-refractivity contribution in [3.05, 3.63) is 179 Å². The Balaban J connectivity index is 0.000000275. The summed E-state index contributed by atoms with van der Waals surface area (Å²) in [5, 5.41) is 14.3. The molecule has 8 rings (SSSR count). The summed E-state index contributed by atoms with van der Waals surface area (Å²) in [5.74, 6) is -2.49. The molecule has 2 spiro atoms. The molecule has 2 fully saturated rings. The zero-order chi connectivity index (χ0) is 69.8. The first-order chi connectivity index (χ1) is 44.9. The number of carbonyl (C=O) groups is 4. The van der Waals surface area contributed by atoms with Gasteiger partial charge in [0.25, 0.3) is 11.8 Å². The van der Waals surface area contributed by atoms with E-state index in [1.165, 1.54) is 32.9 Å². The number of aryl methyl sites for hydroxylation is 4. The predicted molar refractivity (Wildman–Crippen MR) is 349 cm³/mol. The summed E-state index contributed by atoms with van der Waals surface area (Å²) in [6.07, 6.45) is -0.257. The fourth-order valence-corrected chi connectivity index (χ4v) is 13.6. The van der Waals surface area contributed by atoms with Crippen molar-refractivity contribution >= 4 is 55.3 Å². The first kappa shape index (κ1) is 76.2. The van der Waals surface area contributed by atoms with E-state index in [0.29, 0.717) is 75.3 Å². The molecule has 95 heavy (non-hydrogen) atoms. The number of amidine groups is 2. The van der Waals surface area contributed by atoms with E-state index < -0.39 is 72.4 Å². The van der Waals surface area contributed by atoms with Crippen LogP contribution in [0.4, 0.5) is 26.3 Å². The highest BCUT2D eigenvalue weighted by molar-refractivity contribution is 7.89. The maximum atomic E-state index is 13.6. The van der Waals surface area contributed by atoms with Crippen LogP contribution in [0.5, 0.6) is 11.5 Å². The number of Topliss-reactive ketones (excluding diaryl/α,β-unsaturated/α-hetero) is 1. The lowest BCUT2D eigenvalue weighted by molar-refractivity contribution is -0.138. The normalized spacial score (nSPS) is 16.3. The summed E-state index contributed by atoms with van der Waals surface area (Å²) in [5.41, 5.74) is 4.44. The Bertz CT molecular complexity index is 3730. The number of piperidine rings is 2. The van der Waals surface area contributed by atoms with E-state index in [9.17, 15) is 62.4 Å². The SMILES string of the molecule is C=CCCOc1cc(C2=NC3(CCN(S(=O)(=O)CCc4ccc(C(=O)CCCOCC=C)cc4C)CC3)C(=O)N2)cc(C(F)(F)F)c1.C=CCCOc1cc(C2=NC3(CCN(S(=O)(=O)CCc4ccc(C(=O)O)cc4C)CC3)C(=O)N2)cc(C(F)(F)F)c1.C=CCOCCN. The van der Waals surface area contributed by atoms with Crippen LogP contribution in [0.25, 0.3) is 0 Å². The van der Waals surface area contributed by atoms with Crippen molar-refractivity contribution in [1.29, 1.82) is 0 Å². The lowest BCUT2D eigenvalue weighted by Crippen LogP contribution is -2.50. The van der Waals surface area contributed by atoms with Crippen LogP contribution in [0.2, 0.25) is 0 Å². The zero-order valence-corrected chi connectivity index (χ0v) is 54.8. The van der Waals surface area contributed by atoms with Gasteiger partial charge >= 0.3 is 18.3 Å². The predicted octanol–water partition coefficient (Wildman–Crippen LogP) is 9.52. The van der Waals surface area contributed by atoms with Crippen molar-refractivity contribution in [3.63, 3.8) is 0 Å². The number of halogens is 6. The number of sulfonamides is 2. The molecule has 28 heteroatoms. The van der Waals surface area contributed by atoms with Crippen LogP contribution in [0.3, 0.4) is 0 Å². The molecule has 4 aliphatic heterocycles. The van der Waals surface area contributed by atoms with Gasteiger partial charge in [-0.2, -0.15) is 26.3 Å². The number of ketones is 1. The van der Waals surface area contributed by atoms with Gasteiger partial charge in [-0.05, 0) is 148 Å². The number of amides is 2. The Kier molecular flexibility index (Phi) is 27.4. The molecule has 4 heterocycles. The number of carbonyl (C=O) groups excluding carboxylic acids is 3. The number of rotatable bonds is 30. The monoisotopic (exact) mass is 1370 g/mol. The number of aliphatic imine (C=N–C) groups is 2. The van der Waals surface area contributed by atoms with E-state index >= 15 is 0 Å². The van der Waals surface area contributed by atoms with Gasteiger partial charge in [-0.1, -0.05) is 42.5 Å². The third-order valence-corrected chi connectivity index (χ3v) is 19.7. The average Bonchev–Trinajstić information content (AvgIpc) is 1.64. The molecule has 0 aromatic heterocycles. The molecular weight excluding hydrogens is 1290 g/mol. The highest BCUT2D eigenvalue weighted by Crippen LogP contribution is 2.38. The van der Waals surface area contributed by atoms with Crippen molar-refractivity contribution in [2.24, 2.45) is 15.7 Å². The molecule has 0 unspecified atom stereocenters. The van der Waals surface area contributed by atoms with Crippen molar-refractivity contribution in [2.45, 2.75) is 101 Å². The second-order valence-electron chi connectivity index (χ2n) is 22.8. The molecule has 4 aromatic rings. The molecule has 2 amide bonds. The third-order valence-electron chi connectivity index (χ3n) is 16.0. The van der Waals surface area contributed by atoms with Crippen LogP contribution in [-0.4, -0.2) is 161 Å². The van der Waals surface area contributed by atoms with Gasteiger partial charge in [0.1, 0.15) is 34.2 Å². The Morgan fingerprint density at radius 3 is 1.40 bits per heavy atom. The molecule has 516 valence electrons. The maximum Gasteiger partial charge on any atom is 0.416 e. The highest BCUT2D eigenvalue weighted by Gasteiger charge is 2.49. The van der Waals surface area contributed by atoms with Crippen molar-refractivity contribution < 1.29 is 86.4 Å². The van der Waals surface area contributed by atoms with Gasteiger partial charge < -0.3 is 40.4 Å². The largest absolute Gasteiger partial charge is 0.493 e. The summed E-state index contributed by atoms with van der Waals surface area (Å²) >= 11 is 0. The van der Waals surface area contributed by atoms with Gasteiger partial charge in [-0.15, -0.1) is 26.3 Å². The first-order valence-corrected chi connectivity index (χ1v) is 33.9. The van der Waals surface area contributed by atoms with Gasteiger partial charge in [0, 0.05) is 62.4 Å². The minimum Gasteiger partial charge on any atom is -0.493 e. The van der Waals surface area contributed by atoms with Crippen LogP contribution >= 0.6 is 0 Å². The zero-order valence-electron chi connectivity index (χ0n) is 53.1. The van der Waals surface area contributed by atoms with E-state index in [2.05, 4.69) is 46.9 Å². The second kappa shape index (κ2) is 34.2. The van der Waals surface area contributed by atoms with Gasteiger partial charge in [-0.3, -0.25) is 24.4 Å². The quantitative estimate of drug-likeness (QED) is 0.0164. The number of hydrogen-bond acceptors (Lipinski definition) is 15. The van der Waals surface area contributed by atoms with E-state index in [4.69, 9.17) is 29.8 Å². The van der Waals surface area contributed by atoms with Crippen LogP contribution in [0, 0.1) is 13.8 Å². The van der Waals surface area contributed by atoms with Crippen LogP contribution in [0.1, 0.15) is 117 Å². The summed E-state index contributed by atoms with van der Waals surface area (Å²) in [4.78, 5) is 58.8. The first-order valence-electron chi connectivity index (χ1n) is 30.7. The number of carboxylic acid groups (broad SMARTS) is 1. The lowest BCUT2D eigenvalue weighted by atomic mass is 9.89. The second-order valence-corrected chi connectivity index (χ2v) is 27.0. The number of carboxylic acids is 1. The molecule has 4 aromatic carbocycles. The maximum absolute atomic E-state index is 13.6. The number of hydrogen-bond donors (Lipinski definition) is 4. The third kappa shape index (κ3) is 21.3. The van der Waals surface area contributed by atoms with E-state index in [-0.39, 0.29) is 135 Å². The number of nitrogens with zero attached hydrogens (tertiary/aromatic N) is 4. The van der Waals surface area contributed by atoms with Gasteiger partial charge in [0.05, 0.1) is 61.2 Å². The molecule has 0 aliphatic carbocycles. The number of aromatic carboxylic acids is 1. The highest BCUT2D eigenvalue weighted by atomic mass is 32.2. The van der Waals surface area contributed by atoms with Crippen LogP contribution in [0.15, 0.2) is 133 Å². The summed E-state index contributed by atoms with van der Waals surface area (Å²) < 4.78 is 158.